The quantitative estimate of drug-likeness (QED) is 0.560. The summed E-state index contributed by atoms with van der Waals surface area (Å²) in [5, 5.41) is 29.6. The highest BCUT2D eigenvalue weighted by atomic mass is 16.7. The minimum Gasteiger partial charge on any atom is -0.550 e. The normalized spacial score (nSPS) is 30.9. The lowest BCUT2D eigenvalue weighted by Crippen LogP contribution is -2.48. The summed E-state index contributed by atoms with van der Waals surface area (Å²) in [6.07, 6.45) is -2.22. The molecule has 1 heterocycles. The Kier molecular flexibility index (Phi) is 7.24. The molecule has 0 saturated carbocycles. The van der Waals surface area contributed by atoms with Gasteiger partial charge in [-0.1, -0.05) is 0 Å². The van der Waals surface area contributed by atoms with E-state index in [4.69, 9.17) is 9.47 Å². The number of hydrogen-bond acceptors (Lipinski definition) is 7. The van der Waals surface area contributed by atoms with Crippen molar-refractivity contribution in [2.24, 2.45) is 0 Å². The maximum absolute atomic E-state index is 11.2. The number of rotatable bonds is 8. The number of carboxylic acids is 1. The molecule has 0 aromatic carbocycles. The van der Waals surface area contributed by atoms with Crippen LogP contribution in [0.3, 0.4) is 0 Å². The van der Waals surface area contributed by atoms with E-state index in [1.165, 1.54) is 0 Å². The fraction of sp³-hybridized carbons (Fsp3) is 0.857. The highest BCUT2D eigenvalue weighted by Crippen LogP contribution is 2.22. The van der Waals surface area contributed by atoms with Crippen LogP contribution in [-0.4, -0.2) is 52.7 Å². The van der Waals surface area contributed by atoms with Crippen LogP contribution in [0.1, 0.15) is 46.0 Å². The molecule has 21 heavy (non-hydrogen) atoms. The molecule has 0 aliphatic carbocycles. The van der Waals surface area contributed by atoms with Crippen LogP contribution in [0.4, 0.5) is 0 Å². The van der Waals surface area contributed by atoms with E-state index in [1.54, 1.807) is 13.8 Å². The number of carbonyl (C=O) groups excluding carboxylic acids is 2. The number of aliphatic carboxylic acids is 1. The molecule has 2 N–H and O–H groups in total. The number of aliphatic hydroxyl groups is 2. The van der Waals surface area contributed by atoms with Gasteiger partial charge in [0.05, 0.1) is 18.3 Å². The molecule has 0 unspecified atom stereocenters. The Balaban J connectivity index is 2.25. The number of carboxylic acid groups (broad SMARTS) is 1. The first-order chi connectivity index (χ1) is 9.79. The zero-order chi connectivity index (χ0) is 16.0. The van der Waals surface area contributed by atoms with E-state index in [1.807, 2.05) is 0 Å². The third-order valence-electron chi connectivity index (χ3n) is 3.46. The van der Waals surface area contributed by atoms with Gasteiger partial charge in [0.1, 0.15) is 11.9 Å². The van der Waals surface area contributed by atoms with Gasteiger partial charge in [0.2, 0.25) is 0 Å². The smallest absolute Gasteiger partial charge is 0.184 e. The molecule has 1 rings (SSSR count). The largest absolute Gasteiger partial charge is 0.550 e. The zero-order valence-electron chi connectivity index (χ0n) is 12.4. The third-order valence-corrected chi connectivity index (χ3v) is 3.46. The maximum Gasteiger partial charge on any atom is 0.184 e. The number of Topliss-reactive ketones (excluding diaryl/α,β-unsaturated/α-hetero) is 1. The van der Waals surface area contributed by atoms with Gasteiger partial charge in [0, 0.05) is 25.2 Å². The topological polar surface area (TPSA) is 116 Å². The van der Waals surface area contributed by atoms with Crippen LogP contribution >= 0.6 is 0 Å². The Morgan fingerprint density at radius 1 is 1.38 bits per heavy atom. The number of ketones is 1. The lowest BCUT2D eigenvalue weighted by molar-refractivity contribution is -0.304. The number of aliphatic hydroxyl groups excluding tert-OH is 2. The molecule has 0 bridgehead atoms. The van der Waals surface area contributed by atoms with Crippen molar-refractivity contribution < 1.29 is 34.4 Å². The molecule has 1 aliphatic rings. The number of carbonyl (C=O) groups is 2. The Morgan fingerprint density at radius 2 is 2.05 bits per heavy atom. The molecule has 0 spiro atoms. The standard InChI is InChI=1S/C14H24O7/c1-8(4-3-5-10(15)6-13(18)19)20-14-12(17)7-11(16)9(2)21-14/h8-9,11-12,14,16-17H,3-7H2,1-2H3,(H,18,19)/p-1/t8-,9+,11-,12-,14-/m1/s1. The second-order valence-corrected chi connectivity index (χ2v) is 5.51. The predicted octanol–water partition coefficient (Wildman–Crippen LogP) is -0.872. The van der Waals surface area contributed by atoms with Crippen LogP contribution in [0, 0.1) is 0 Å². The minimum atomic E-state index is -1.37. The minimum absolute atomic E-state index is 0.158. The van der Waals surface area contributed by atoms with Gasteiger partial charge in [-0.15, -0.1) is 0 Å². The zero-order valence-corrected chi connectivity index (χ0v) is 12.4. The summed E-state index contributed by atoms with van der Waals surface area (Å²) in [6, 6.07) is 0. The summed E-state index contributed by atoms with van der Waals surface area (Å²) in [4.78, 5) is 21.4. The van der Waals surface area contributed by atoms with Gasteiger partial charge in [-0.3, -0.25) is 4.79 Å². The molecule has 1 saturated heterocycles. The Morgan fingerprint density at radius 3 is 2.67 bits per heavy atom. The van der Waals surface area contributed by atoms with Gasteiger partial charge in [-0.05, 0) is 26.7 Å². The van der Waals surface area contributed by atoms with Crippen LogP contribution in [0.25, 0.3) is 0 Å². The Bertz CT molecular complexity index is 357. The second-order valence-electron chi connectivity index (χ2n) is 5.51. The molecule has 0 amide bonds. The monoisotopic (exact) mass is 303 g/mol. The average Bonchev–Trinajstić information content (AvgIpc) is 2.35. The molecule has 122 valence electrons. The highest BCUT2D eigenvalue weighted by molar-refractivity contribution is 5.93. The van der Waals surface area contributed by atoms with E-state index < -0.39 is 37.0 Å². The van der Waals surface area contributed by atoms with Gasteiger partial charge in [-0.2, -0.15) is 0 Å². The third kappa shape index (κ3) is 6.52. The number of hydrogen-bond donors (Lipinski definition) is 2. The van der Waals surface area contributed by atoms with Gasteiger partial charge in [-0.25, -0.2) is 0 Å². The highest BCUT2D eigenvalue weighted by Gasteiger charge is 2.35. The Labute approximate surface area is 123 Å². The summed E-state index contributed by atoms with van der Waals surface area (Å²) in [6.45, 7) is 3.49. The average molecular weight is 303 g/mol. The molecular weight excluding hydrogens is 280 g/mol. The van der Waals surface area contributed by atoms with Crippen LogP contribution in [0.5, 0.6) is 0 Å². The molecule has 7 nitrogen and oxygen atoms in total. The summed E-state index contributed by atoms with van der Waals surface area (Å²) in [5.41, 5.74) is 0. The van der Waals surface area contributed by atoms with E-state index in [0.717, 1.165) is 0 Å². The molecule has 0 aromatic heterocycles. The van der Waals surface area contributed by atoms with Crippen molar-refractivity contribution in [3.8, 4) is 0 Å². The van der Waals surface area contributed by atoms with Gasteiger partial charge >= 0.3 is 0 Å². The second kappa shape index (κ2) is 8.43. The molecule has 1 fully saturated rings. The van der Waals surface area contributed by atoms with E-state index in [-0.39, 0.29) is 24.7 Å². The van der Waals surface area contributed by atoms with Crippen molar-refractivity contribution in [3.05, 3.63) is 0 Å². The first-order valence-corrected chi connectivity index (χ1v) is 7.18. The predicted molar refractivity (Wildman–Crippen MR) is 70.0 cm³/mol. The molecule has 7 heteroatoms. The van der Waals surface area contributed by atoms with Gasteiger partial charge in [0.25, 0.3) is 0 Å². The first-order valence-electron chi connectivity index (χ1n) is 7.18. The molecule has 0 radical (unpaired) electrons. The SMILES string of the molecule is C[C@H](CCCC(=O)CC(=O)[O-])O[C@@H]1O[C@@H](C)[C@H](O)C[C@H]1O. The van der Waals surface area contributed by atoms with E-state index in [0.29, 0.717) is 12.8 Å². The van der Waals surface area contributed by atoms with Gasteiger partial charge < -0.3 is 29.6 Å². The first kappa shape index (κ1) is 18.0. The van der Waals surface area contributed by atoms with Crippen molar-refractivity contribution in [1.29, 1.82) is 0 Å². The molecule has 1 aliphatic heterocycles. The van der Waals surface area contributed by atoms with Crippen molar-refractivity contribution >= 4 is 11.8 Å². The van der Waals surface area contributed by atoms with Crippen LogP contribution in [0.2, 0.25) is 0 Å². The van der Waals surface area contributed by atoms with Crippen molar-refractivity contribution in [2.75, 3.05) is 0 Å². The molecule has 0 aromatic rings. The summed E-state index contributed by atoms with van der Waals surface area (Å²) in [7, 11) is 0. The number of ether oxygens (including phenoxy) is 2. The van der Waals surface area contributed by atoms with Crippen LogP contribution in [-0.2, 0) is 19.1 Å². The van der Waals surface area contributed by atoms with Crippen molar-refractivity contribution in [1.82, 2.24) is 0 Å². The van der Waals surface area contributed by atoms with Crippen molar-refractivity contribution in [3.63, 3.8) is 0 Å². The molecule has 5 atom stereocenters. The molecular formula is C14H23O7-. The van der Waals surface area contributed by atoms with Crippen LogP contribution < -0.4 is 5.11 Å². The Hall–Kier alpha value is -1.02. The van der Waals surface area contributed by atoms with E-state index in [2.05, 4.69) is 0 Å². The summed E-state index contributed by atoms with van der Waals surface area (Å²) < 4.78 is 10.9. The van der Waals surface area contributed by atoms with E-state index in [9.17, 15) is 24.9 Å². The lowest BCUT2D eigenvalue weighted by atomic mass is 10.0. The van der Waals surface area contributed by atoms with Crippen molar-refractivity contribution in [2.45, 2.75) is 76.7 Å². The van der Waals surface area contributed by atoms with Crippen LogP contribution in [0.15, 0.2) is 0 Å². The summed E-state index contributed by atoms with van der Waals surface area (Å²) in [5.74, 6) is -1.73. The van der Waals surface area contributed by atoms with Gasteiger partial charge in [0.15, 0.2) is 6.29 Å². The fourth-order valence-corrected chi connectivity index (χ4v) is 2.20. The fourth-order valence-electron chi connectivity index (χ4n) is 2.20. The maximum atomic E-state index is 11.2. The van der Waals surface area contributed by atoms with E-state index >= 15 is 0 Å². The lowest BCUT2D eigenvalue weighted by Gasteiger charge is -2.36. The summed E-state index contributed by atoms with van der Waals surface area (Å²) >= 11 is 0.